The molecule has 0 radical (unpaired) electrons. The summed E-state index contributed by atoms with van der Waals surface area (Å²) in [5.41, 5.74) is 1.28. The highest BCUT2D eigenvalue weighted by Gasteiger charge is 2.05. The van der Waals surface area contributed by atoms with Gasteiger partial charge in [-0.2, -0.15) is 0 Å². The van der Waals surface area contributed by atoms with E-state index in [1.165, 1.54) is 0 Å². The second kappa shape index (κ2) is 8.70. The van der Waals surface area contributed by atoms with Gasteiger partial charge in [-0.3, -0.25) is 0 Å². The molecule has 0 aliphatic heterocycles. The van der Waals surface area contributed by atoms with Crippen LogP contribution in [-0.4, -0.2) is 26.8 Å². The van der Waals surface area contributed by atoms with Crippen LogP contribution in [0.1, 0.15) is 5.56 Å². The first kappa shape index (κ1) is 17.5. The summed E-state index contributed by atoms with van der Waals surface area (Å²) in [4.78, 5) is 11.9. The number of carbonyl (C=O) groups excluding carboxylic acids is 1. The van der Waals surface area contributed by atoms with Crippen LogP contribution in [0.25, 0.3) is 0 Å². The average molecular weight is 345 g/mol. The number of hydrogen-bond acceptors (Lipinski definition) is 3. The van der Waals surface area contributed by atoms with Crippen LogP contribution in [-0.2, 0) is 0 Å². The van der Waals surface area contributed by atoms with Gasteiger partial charge in [-0.1, -0.05) is 35.6 Å². The fourth-order valence-corrected chi connectivity index (χ4v) is 2.06. The minimum atomic E-state index is -0.376. The lowest BCUT2D eigenvalue weighted by Gasteiger charge is -2.09. The molecule has 2 amide bonds. The van der Waals surface area contributed by atoms with Crippen molar-refractivity contribution in [1.82, 2.24) is 5.32 Å². The van der Waals surface area contributed by atoms with Crippen molar-refractivity contribution in [3.05, 3.63) is 53.1 Å². The molecule has 2 N–H and O–H groups in total. The fourth-order valence-electron chi connectivity index (χ4n) is 1.88. The number of halogens is 1. The largest absolute Gasteiger partial charge is 0.497 e. The van der Waals surface area contributed by atoms with Crippen molar-refractivity contribution in [3.63, 3.8) is 0 Å². The van der Waals surface area contributed by atoms with E-state index in [2.05, 4.69) is 22.5 Å². The molecule has 124 valence electrons. The third-order valence-electron chi connectivity index (χ3n) is 3.04. The van der Waals surface area contributed by atoms with E-state index >= 15 is 0 Å². The van der Waals surface area contributed by atoms with Crippen LogP contribution in [0.4, 0.5) is 10.5 Å². The van der Waals surface area contributed by atoms with E-state index in [0.29, 0.717) is 22.2 Å². The molecule has 0 saturated carbocycles. The summed E-state index contributed by atoms with van der Waals surface area (Å²) in [6.07, 6.45) is 0. The molecular weight excluding hydrogens is 328 g/mol. The van der Waals surface area contributed by atoms with Crippen LogP contribution in [0.2, 0.25) is 5.02 Å². The van der Waals surface area contributed by atoms with E-state index in [1.807, 2.05) is 18.2 Å². The maximum Gasteiger partial charge on any atom is 0.319 e. The minimum absolute atomic E-state index is 0.193. The van der Waals surface area contributed by atoms with Crippen molar-refractivity contribution in [2.45, 2.75) is 0 Å². The van der Waals surface area contributed by atoms with Crippen molar-refractivity contribution in [2.24, 2.45) is 0 Å². The normalized spacial score (nSPS) is 9.46. The SMILES string of the molecule is COc1cc(NC(=O)NCC#Cc2ccccc2Cl)cc(OC)c1. The number of anilines is 1. The number of ether oxygens (including phenoxy) is 2. The maximum absolute atomic E-state index is 11.9. The van der Waals surface area contributed by atoms with Crippen LogP contribution < -0.4 is 20.1 Å². The van der Waals surface area contributed by atoms with Gasteiger partial charge in [-0.25, -0.2) is 4.79 Å². The summed E-state index contributed by atoms with van der Waals surface area (Å²) in [5, 5.41) is 5.93. The predicted octanol–water partition coefficient (Wildman–Crippen LogP) is 3.53. The van der Waals surface area contributed by atoms with Gasteiger partial charge < -0.3 is 20.1 Å². The third kappa shape index (κ3) is 5.11. The highest BCUT2D eigenvalue weighted by molar-refractivity contribution is 6.31. The number of carbonyl (C=O) groups is 1. The Kier molecular flexibility index (Phi) is 6.35. The fraction of sp³-hybridized carbons (Fsp3) is 0.167. The molecule has 0 aliphatic carbocycles. The zero-order chi connectivity index (χ0) is 17.4. The first-order chi connectivity index (χ1) is 11.6. The lowest BCUT2D eigenvalue weighted by molar-refractivity contribution is 0.253. The molecule has 0 atom stereocenters. The van der Waals surface area contributed by atoms with Gasteiger partial charge >= 0.3 is 6.03 Å². The van der Waals surface area contributed by atoms with Crippen molar-refractivity contribution < 1.29 is 14.3 Å². The monoisotopic (exact) mass is 344 g/mol. The Labute approximate surface area is 145 Å². The molecule has 6 heteroatoms. The molecule has 2 aromatic carbocycles. The Morgan fingerprint density at radius 3 is 2.42 bits per heavy atom. The molecular formula is C18H17ClN2O3. The second-order valence-electron chi connectivity index (χ2n) is 4.69. The summed E-state index contributed by atoms with van der Waals surface area (Å²) in [5.74, 6) is 6.93. The number of urea groups is 1. The van der Waals surface area contributed by atoms with Crippen molar-refractivity contribution in [2.75, 3.05) is 26.1 Å². The molecule has 0 bridgehead atoms. The summed E-state index contributed by atoms with van der Waals surface area (Å²) >= 11 is 6.00. The summed E-state index contributed by atoms with van der Waals surface area (Å²) < 4.78 is 10.3. The predicted molar refractivity (Wildman–Crippen MR) is 94.9 cm³/mol. The van der Waals surface area contributed by atoms with E-state index in [4.69, 9.17) is 21.1 Å². The maximum atomic E-state index is 11.9. The van der Waals surface area contributed by atoms with E-state index in [9.17, 15) is 4.79 Å². The smallest absolute Gasteiger partial charge is 0.319 e. The number of rotatable bonds is 4. The van der Waals surface area contributed by atoms with Gasteiger partial charge in [0.1, 0.15) is 11.5 Å². The lowest BCUT2D eigenvalue weighted by Crippen LogP contribution is -2.28. The zero-order valence-corrected chi connectivity index (χ0v) is 14.1. The minimum Gasteiger partial charge on any atom is -0.497 e. The number of methoxy groups -OCH3 is 2. The molecule has 2 aromatic rings. The average Bonchev–Trinajstić information content (AvgIpc) is 2.59. The Morgan fingerprint density at radius 1 is 1.12 bits per heavy atom. The molecule has 24 heavy (non-hydrogen) atoms. The van der Waals surface area contributed by atoms with Crippen LogP contribution in [0.15, 0.2) is 42.5 Å². The van der Waals surface area contributed by atoms with E-state index in [-0.39, 0.29) is 12.6 Å². The lowest BCUT2D eigenvalue weighted by atomic mass is 10.2. The molecule has 0 saturated heterocycles. The van der Waals surface area contributed by atoms with Crippen molar-refractivity contribution in [3.8, 4) is 23.3 Å². The van der Waals surface area contributed by atoms with Gasteiger partial charge in [0.2, 0.25) is 0 Å². The molecule has 0 heterocycles. The molecule has 0 spiro atoms. The molecule has 2 rings (SSSR count). The molecule has 0 unspecified atom stereocenters. The van der Waals surface area contributed by atoms with Crippen LogP contribution in [0.3, 0.4) is 0 Å². The summed E-state index contributed by atoms with van der Waals surface area (Å²) in [6.45, 7) is 0.193. The van der Waals surface area contributed by atoms with Gasteiger partial charge in [0.15, 0.2) is 0 Å². The Balaban J connectivity index is 1.91. The Morgan fingerprint density at radius 2 is 1.79 bits per heavy atom. The third-order valence-corrected chi connectivity index (χ3v) is 3.37. The van der Waals surface area contributed by atoms with Crippen LogP contribution in [0, 0.1) is 11.8 Å². The molecule has 0 aliphatic rings. The topological polar surface area (TPSA) is 59.6 Å². The number of hydrogen-bond donors (Lipinski definition) is 2. The van der Waals surface area contributed by atoms with Gasteiger partial charge in [0.05, 0.1) is 25.8 Å². The van der Waals surface area contributed by atoms with Gasteiger partial charge in [0, 0.05) is 29.4 Å². The molecule has 0 fully saturated rings. The van der Waals surface area contributed by atoms with E-state index in [1.54, 1.807) is 38.5 Å². The highest BCUT2D eigenvalue weighted by atomic mass is 35.5. The quantitative estimate of drug-likeness (QED) is 0.834. The summed E-state index contributed by atoms with van der Waals surface area (Å²) in [7, 11) is 3.09. The molecule has 5 nitrogen and oxygen atoms in total. The molecule has 0 aromatic heterocycles. The first-order valence-electron chi connectivity index (χ1n) is 7.13. The van der Waals surface area contributed by atoms with Gasteiger partial charge in [-0.15, -0.1) is 0 Å². The van der Waals surface area contributed by atoms with Crippen molar-refractivity contribution in [1.29, 1.82) is 0 Å². The highest BCUT2D eigenvalue weighted by Crippen LogP contribution is 2.25. The standard InChI is InChI=1S/C18H17ClN2O3/c1-23-15-10-14(11-16(12-15)24-2)21-18(22)20-9-5-7-13-6-3-4-8-17(13)19/h3-4,6,8,10-12H,9H2,1-2H3,(H2,20,21,22). The van der Waals surface area contributed by atoms with Gasteiger partial charge in [-0.05, 0) is 12.1 Å². The van der Waals surface area contributed by atoms with Crippen LogP contribution in [0.5, 0.6) is 11.5 Å². The van der Waals surface area contributed by atoms with Crippen molar-refractivity contribution >= 4 is 23.3 Å². The zero-order valence-electron chi connectivity index (χ0n) is 13.4. The number of amides is 2. The van der Waals surface area contributed by atoms with Gasteiger partial charge in [0.25, 0.3) is 0 Å². The Bertz CT molecular complexity index is 759. The summed E-state index contributed by atoms with van der Waals surface area (Å²) in [6, 6.07) is 12.0. The van der Waals surface area contributed by atoms with E-state index in [0.717, 1.165) is 5.56 Å². The Hall–Kier alpha value is -2.84. The van der Waals surface area contributed by atoms with E-state index < -0.39 is 0 Å². The first-order valence-corrected chi connectivity index (χ1v) is 7.51. The number of nitrogens with one attached hydrogen (secondary N) is 2. The van der Waals surface area contributed by atoms with Crippen LogP contribution >= 0.6 is 11.6 Å². The second-order valence-corrected chi connectivity index (χ2v) is 5.10. The number of benzene rings is 2.